The summed E-state index contributed by atoms with van der Waals surface area (Å²) in [6.07, 6.45) is 5.88. The maximum absolute atomic E-state index is 10.4. The summed E-state index contributed by atoms with van der Waals surface area (Å²) < 4.78 is 0. The van der Waals surface area contributed by atoms with Crippen LogP contribution < -0.4 is 5.32 Å². The van der Waals surface area contributed by atoms with E-state index in [1.807, 2.05) is 6.20 Å². The number of β-amino-alcohol motifs (C(OH)–C–C–N with tert-alkyl or cyclic N) is 1. The van der Waals surface area contributed by atoms with Crippen molar-refractivity contribution in [2.24, 2.45) is 0 Å². The van der Waals surface area contributed by atoms with E-state index in [1.165, 1.54) is 22.4 Å². The third-order valence-corrected chi connectivity index (χ3v) is 5.34. The van der Waals surface area contributed by atoms with Gasteiger partial charge in [0.2, 0.25) is 0 Å². The van der Waals surface area contributed by atoms with Crippen LogP contribution in [0, 0.1) is 0 Å². The van der Waals surface area contributed by atoms with Crippen LogP contribution in [-0.4, -0.2) is 52.0 Å². The molecule has 0 radical (unpaired) electrons. The standard InChI is InChI=1S/C19H26N4O/c24-18(11-20-17-6-5-15-10-21-22-19(15)9-17)13-23-8-7-14-3-1-2-4-16(14)12-23/h1-4,10,17-18,20,24H,5-9,11-13H2,(H,21,22). The highest BCUT2D eigenvalue weighted by molar-refractivity contribution is 5.29. The van der Waals surface area contributed by atoms with Crippen LogP contribution in [0.4, 0.5) is 0 Å². The molecule has 5 heteroatoms. The number of hydrogen-bond acceptors (Lipinski definition) is 4. The summed E-state index contributed by atoms with van der Waals surface area (Å²) in [5.74, 6) is 0. The summed E-state index contributed by atoms with van der Waals surface area (Å²) in [5, 5.41) is 21.2. The van der Waals surface area contributed by atoms with Crippen molar-refractivity contribution >= 4 is 0 Å². The molecule has 2 unspecified atom stereocenters. The quantitative estimate of drug-likeness (QED) is 0.774. The zero-order chi connectivity index (χ0) is 16.4. The lowest BCUT2D eigenvalue weighted by Gasteiger charge is -2.31. The largest absolute Gasteiger partial charge is 0.390 e. The Balaban J connectivity index is 1.24. The maximum Gasteiger partial charge on any atom is 0.0791 e. The smallest absolute Gasteiger partial charge is 0.0791 e. The molecule has 128 valence electrons. The number of hydrogen-bond donors (Lipinski definition) is 3. The lowest BCUT2D eigenvalue weighted by atomic mass is 9.93. The lowest BCUT2D eigenvalue weighted by Crippen LogP contribution is -2.44. The van der Waals surface area contributed by atoms with E-state index in [4.69, 9.17) is 0 Å². The molecule has 24 heavy (non-hydrogen) atoms. The third kappa shape index (κ3) is 3.53. The number of rotatable bonds is 5. The first-order valence-corrected chi connectivity index (χ1v) is 8.99. The van der Waals surface area contributed by atoms with Crippen LogP contribution in [0.1, 0.15) is 28.8 Å². The molecule has 1 aromatic heterocycles. The molecule has 0 bridgehead atoms. The van der Waals surface area contributed by atoms with Crippen LogP contribution in [0.3, 0.4) is 0 Å². The van der Waals surface area contributed by atoms with Crippen LogP contribution in [0.2, 0.25) is 0 Å². The monoisotopic (exact) mass is 326 g/mol. The number of aromatic amines is 1. The van der Waals surface area contributed by atoms with Gasteiger partial charge in [-0.3, -0.25) is 10.00 Å². The summed E-state index contributed by atoms with van der Waals surface area (Å²) in [6.45, 7) is 3.39. The van der Waals surface area contributed by atoms with Gasteiger partial charge < -0.3 is 10.4 Å². The molecule has 1 aliphatic heterocycles. The molecule has 2 atom stereocenters. The maximum atomic E-state index is 10.4. The lowest BCUT2D eigenvalue weighted by molar-refractivity contribution is 0.101. The predicted octanol–water partition coefficient (Wildman–Crippen LogP) is 1.28. The molecule has 0 amide bonds. The van der Waals surface area contributed by atoms with E-state index in [9.17, 15) is 5.11 Å². The minimum Gasteiger partial charge on any atom is -0.390 e. The number of H-pyrrole nitrogens is 1. The highest BCUT2D eigenvalue weighted by atomic mass is 16.3. The van der Waals surface area contributed by atoms with Gasteiger partial charge in [0.25, 0.3) is 0 Å². The molecule has 3 N–H and O–H groups in total. The molecule has 0 fully saturated rings. The molecule has 1 aliphatic carbocycles. The normalized spacial score (nSPS) is 22.0. The van der Waals surface area contributed by atoms with E-state index in [1.54, 1.807) is 0 Å². The van der Waals surface area contributed by atoms with Gasteiger partial charge in [-0.15, -0.1) is 0 Å². The molecule has 5 nitrogen and oxygen atoms in total. The first kappa shape index (κ1) is 15.8. The molecule has 2 aromatic rings. The number of fused-ring (bicyclic) bond motifs is 2. The third-order valence-electron chi connectivity index (χ3n) is 5.34. The number of aliphatic hydroxyl groups excluding tert-OH is 1. The van der Waals surface area contributed by atoms with Crippen molar-refractivity contribution < 1.29 is 5.11 Å². The summed E-state index contributed by atoms with van der Waals surface area (Å²) in [4.78, 5) is 2.36. The fraction of sp³-hybridized carbons (Fsp3) is 0.526. The minimum absolute atomic E-state index is 0.321. The molecule has 0 spiro atoms. The van der Waals surface area contributed by atoms with E-state index in [0.29, 0.717) is 12.6 Å². The van der Waals surface area contributed by atoms with E-state index < -0.39 is 0 Å². The second-order valence-electron chi connectivity index (χ2n) is 7.13. The van der Waals surface area contributed by atoms with Gasteiger partial charge in [0, 0.05) is 44.3 Å². The Morgan fingerprint density at radius 2 is 2.12 bits per heavy atom. The van der Waals surface area contributed by atoms with Crippen molar-refractivity contribution in [1.29, 1.82) is 0 Å². The minimum atomic E-state index is -0.321. The average molecular weight is 326 g/mol. The highest BCUT2D eigenvalue weighted by Gasteiger charge is 2.22. The first-order chi connectivity index (χ1) is 11.8. The van der Waals surface area contributed by atoms with Gasteiger partial charge in [0.05, 0.1) is 12.3 Å². The van der Waals surface area contributed by atoms with Gasteiger partial charge >= 0.3 is 0 Å². The molecule has 2 aliphatic rings. The number of benzene rings is 1. The summed E-state index contributed by atoms with van der Waals surface area (Å²) >= 11 is 0. The van der Waals surface area contributed by atoms with E-state index >= 15 is 0 Å². The van der Waals surface area contributed by atoms with Crippen molar-refractivity contribution in [3.8, 4) is 0 Å². The van der Waals surface area contributed by atoms with Crippen molar-refractivity contribution in [3.63, 3.8) is 0 Å². The zero-order valence-electron chi connectivity index (χ0n) is 14.0. The SMILES string of the molecule is OC(CNC1CCc2cn[nH]c2C1)CN1CCc2ccccc2C1. The van der Waals surface area contributed by atoms with Gasteiger partial charge in [0.1, 0.15) is 0 Å². The second kappa shape index (κ2) is 7.05. The molecule has 1 aromatic carbocycles. The topological polar surface area (TPSA) is 64.2 Å². The first-order valence-electron chi connectivity index (χ1n) is 8.99. The highest BCUT2D eigenvalue weighted by Crippen LogP contribution is 2.20. The fourth-order valence-corrected chi connectivity index (χ4v) is 3.96. The molecule has 0 saturated heterocycles. The second-order valence-corrected chi connectivity index (χ2v) is 7.13. The van der Waals surface area contributed by atoms with E-state index in [-0.39, 0.29) is 6.10 Å². The number of aromatic nitrogens is 2. The van der Waals surface area contributed by atoms with Gasteiger partial charge in [-0.25, -0.2) is 0 Å². The fourth-order valence-electron chi connectivity index (χ4n) is 3.96. The molecule has 4 rings (SSSR count). The molecule has 0 saturated carbocycles. The average Bonchev–Trinajstić information content (AvgIpc) is 3.07. The van der Waals surface area contributed by atoms with E-state index in [0.717, 1.165) is 45.3 Å². The van der Waals surface area contributed by atoms with Gasteiger partial charge in [-0.1, -0.05) is 24.3 Å². The Labute approximate surface area is 143 Å². The van der Waals surface area contributed by atoms with E-state index in [2.05, 4.69) is 44.7 Å². The Bertz CT molecular complexity index is 684. The number of nitrogens with one attached hydrogen (secondary N) is 2. The van der Waals surface area contributed by atoms with Gasteiger partial charge in [-0.2, -0.15) is 5.10 Å². The Kier molecular flexibility index (Phi) is 4.65. The van der Waals surface area contributed by atoms with Crippen molar-refractivity contribution in [2.45, 2.75) is 44.4 Å². The summed E-state index contributed by atoms with van der Waals surface area (Å²) in [5.41, 5.74) is 5.46. The molecule has 2 heterocycles. The Hall–Kier alpha value is -1.69. The predicted molar refractivity (Wildman–Crippen MR) is 93.8 cm³/mol. The Morgan fingerprint density at radius 3 is 3.04 bits per heavy atom. The zero-order valence-corrected chi connectivity index (χ0v) is 14.0. The van der Waals surface area contributed by atoms with Crippen LogP contribution in [0.15, 0.2) is 30.5 Å². The van der Waals surface area contributed by atoms with Crippen LogP contribution in [0.5, 0.6) is 0 Å². The number of aliphatic hydroxyl groups is 1. The number of aryl methyl sites for hydroxylation is 1. The summed E-state index contributed by atoms with van der Waals surface area (Å²) in [7, 11) is 0. The van der Waals surface area contributed by atoms with Gasteiger partial charge in [0.15, 0.2) is 0 Å². The van der Waals surface area contributed by atoms with Gasteiger partial charge in [-0.05, 0) is 36.0 Å². The van der Waals surface area contributed by atoms with Crippen molar-refractivity contribution in [2.75, 3.05) is 19.6 Å². The number of nitrogens with zero attached hydrogens (tertiary/aromatic N) is 2. The summed E-state index contributed by atoms with van der Waals surface area (Å²) in [6, 6.07) is 9.08. The van der Waals surface area contributed by atoms with Crippen molar-refractivity contribution in [3.05, 3.63) is 52.8 Å². The van der Waals surface area contributed by atoms with Crippen LogP contribution >= 0.6 is 0 Å². The molecular formula is C19H26N4O. The molecular weight excluding hydrogens is 300 g/mol. The Morgan fingerprint density at radius 1 is 1.25 bits per heavy atom. The van der Waals surface area contributed by atoms with Crippen molar-refractivity contribution in [1.82, 2.24) is 20.4 Å². The van der Waals surface area contributed by atoms with Crippen LogP contribution in [0.25, 0.3) is 0 Å². The van der Waals surface area contributed by atoms with Crippen LogP contribution in [-0.2, 0) is 25.8 Å².